The van der Waals surface area contributed by atoms with E-state index in [0.29, 0.717) is 29.6 Å². The zero-order chi connectivity index (χ0) is 18.2. The SMILES string of the molecule is CCOc1ccccc1NC(=O)C(C#N)C(=O)/C=C/c1ccc(C)o1. The normalized spacial score (nSPS) is 11.7. The maximum absolute atomic E-state index is 12.3. The van der Waals surface area contributed by atoms with Gasteiger partial charge in [0.15, 0.2) is 11.7 Å². The smallest absolute Gasteiger partial charge is 0.249 e. The number of carbonyl (C=O) groups excluding carboxylic acids is 2. The number of nitriles is 1. The summed E-state index contributed by atoms with van der Waals surface area (Å²) in [4.78, 5) is 24.4. The predicted octanol–water partition coefficient (Wildman–Crippen LogP) is 3.35. The molecule has 0 aliphatic heterocycles. The lowest BCUT2D eigenvalue weighted by molar-refractivity contribution is -0.126. The van der Waals surface area contributed by atoms with Crippen molar-refractivity contribution in [2.45, 2.75) is 13.8 Å². The molecule has 1 heterocycles. The molecule has 0 saturated heterocycles. The molecule has 0 aliphatic carbocycles. The first-order chi connectivity index (χ1) is 12.0. The molecule has 0 radical (unpaired) electrons. The fourth-order valence-corrected chi connectivity index (χ4v) is 2.11. The van der Waals surface area contributed by atoms with Crippen LogP contribution in [0.2, 0.25) is 0 Å². The zero-order valence-corrected chi connectivity index (χ0v) is 14.0. The number of benzene rings is 1. The molecule has 6 heteroatoms. The molecule has 0 aliphatic rings. The second kappa shape index (κ2) is 8.50. The van der Waals surface area contributed by atoms with Gasteiger partial charge < -0.3 is 14.5 Å². The molecule has 1 N–H and O–H groups in total. The number of carbonyl (C=O) groups is 2. The fraction of sp³-hybridized carbons (Fsp3) is 0.211. The van der Waals surface area contributed by atoms with Crippen LogP contribution < -0.4 is 10.1 Å². The van der Waals surface area contributed by atoms with Gasteiger partial charge in [0.25, 0.3) is 0 Å². The summed E-state index contributed by atoms with van der Waals surface area (Å²) < 4.78 is 10.7. The first-order valence-corrected chi connectivity index (χ1v) is 7.75. The number of anilines is 1. The van der Waals surface area contributed by atoms with E-state index in [2.05, 4.69) is 5.32 Å². The highest BCUT2D eigenvalue weighted by Crippen LogP contribution is 2.24. The fourth-order valence-electron chi connectivity index (χ4n) is 2.11. The second-order valence-corrected chi connectivity index (χ2v) is 5.16. The highest BCUT2D eigenvalue weighted by Gasteiger charge is 2.25. The van der Waals surface area contributed by atoms with E-state index in [1.807, 2.05) is 6.92 Å². The van der Waals surface area contributed by atoms with Gasteiger partial charge >= 0.3 is 0 Å². The highest BCUT2D eigenvalue weighted by molar-refractivity contribution is 6.14. The van der Waals surface area contributed by atoms with Crippen LogP contribution in [-0.2, 0) is 9.59 Å². The van der Waals surface area contributed by atoms with E-state index < -0.39 is 17.6 Å². The summed E-state index contributed by atoms with van der Waals surface area (Å²) in [7, 11) is 0. The van der Waals surface area contributed by atoms with E-state index in [1.165, 1.54) is 12.2 Å². The molecular formula is C19H18N2O4. The van der Waals surface area contributed by atoms with Crippen molar-refractivity contribution in [3.63, 3.8) is 0 Å². The van der Waals surface area contributed by atoms with E-state index >= 15 is 0 Å². The van der Waals surface area contributed by atoms with Crippen LogP contribution in [0.3, 0.4) is 0 Å². The van der Waals surface area contributed by atoms with Gasteiger partial charge in [-0.25, -0.2) is 0 Å². The second-order valence-electron chi connectivity index (χ2n) is 5.16. The molecule has 1 aromatic carbocycles. The largest absolute Gasteiger partial charge is 0.492 e. The van der Waals surface area contributed by atoms with Crippen LogP contribution in [-0.4, -0.2) is 18.3 Å². The van der Waals surface area contributed by atoms with Gasteiger partial charge in [0, 0.05) is 0 Å². The third kappa shape index (κ3) is 4.82. The minimum atomic E-state index is -1.46. The number of hydrogen-bond acceptors (Lipinski definition) is 5. The topological polar surface area (TPSA) is 92.3 Å². The minimum absolute atomic E-state index is 0.410. The molecule has 2 aromatic rings. The van der Waals surface area contributed by atoms with Crippen LogP contribution in [0.5, 0.6) is 5.75 Å². The maximum Gasteiger partial charge on any atom is 0.249 e. The molecular weight excluding hydrogens is 320 g/mol. The van der Waals surface area contributed by atoms with Crippen LogP contribution in [0.1, 0.15) is 18.4 Å². The highest BCUT2D eigenvalue weighted by atomic mass is 16.5. The molecule has 6 nitrogen and oxygen atoms in total. The van der Waals surface area contributed by atoms with Crippen molar-refractivity contribution in [1.29, 1.82) is 5.26 Å². The number of amides is 1. The molecule has 0 spiro atoms. The Morgan fingerprint density at radius 2 is 2.08 bits per heavy atom. The van der Waals surface area contributed by atoms with Crippen molar-refractivity contribution in [3.8, 4) is 11.8 Å². The standard InChI is InChI=1S/C19H18N2O4/c1-3-24-18-7-5-4-6-16(18)21-19(23)15(12-20)17(22)11-10-14-9-8-13(2)25-14/h4-11,15H,3H2,1-2H3,(H,21,23)/b11-10+. The maximum atomic E-state index is 12.3. The number of allylic oxidation sites excluding steroid dienone is 1. The number of para-hydroxylation sites is 2. The molecule has 25 heavy (non-hydrogen) atoms. The molecule has 128 valence electrons. The molecule has 1 amide bonds. The van der Waals surface area contributed by atoms with E-state index in [0.717, 1.165) is 0 Å². The molecule has 0 saturated carbocycles. The molecule has 1 atom stereocenters. The third-order valence-electron chi connectivity index (χ3n) is 3.29. The Morgan fingerprint density at radius 1 is 1.32 bits per heavy atom. The number of rotatable bonds is 7. The van der Waals surface area contributed by atoms with Gasteiger partial charge in [0.2, 0.25) is 5.91 Å². The van der Waals surface area contributed by atoms with Gasteiger partial charge in [0.1, 0.15) is 17.3 Å². The summed E-state index contributed by atoms with van der Waals surface area (Å²) in [6.45, 7) is 4.03. The van der Waals surface area contributed by atoms with Gasteiger partial charge in [0.05, 0.1) is 18.4 Å². The van der Waals surface area contributed by atoms with Crippen LogP contribution in [0.4, 0.5) is 5.69 Å². The Hall–Kier alpha value is -3.33. The van der Waals surface area contributed by atoms with Crippen molar-refractivity contribution in [2.24, 2.45) is 5.92 Å². The van der Waals surface area contributed by atoms with E-state index in [9.17, 15) is 14.9 Å². The van der Waals surface area contributed by atoms with Gasteiger partial charge in [-0.1, -0.05) is 12.1 Å². The number of furan rings is 1. The first kappa shape index (κ1) is 18.0. The third-order valence-corrected chi connectivity index (χ3v) is 3.29. The van der Waals surface area contributed by atoms with Crippen LogP contribution >= 0.6 is 0 Å². The summed E-state index contributed by atoms with van der Waals surface area (Å²) in [6, 6.07) is 12.0. The van der Waals surface area contributed by atoms with Crippen LogP contribution in [0.15, 0.2) is 46.9 Å². The Labute approximate surface area is 145 Å². The Bertz CT molecular complexity index is 830. The van der Waals surface area contributed by atoms with Crippen LogP contribution in [0, 0.1) is 24.2 Å². The minimum Gasteiger partial charge on any atom is -0.492 e. The molecule has 2 rings (SSSR count). The summed E-state index contributed by atoms with van der Waals surface area (Å²) in [5, 5.41) is 11.8. The zero-order valence-electron chi connectivity index (χ0n) is 14.0. The number of nitrogens with zero attached hydrogens (tertiary/aromatic N) is 1. The predicted molar refractivity (Wildman–Crippen MR) is 92.8 cm³/mol. The Kier molecular flexibility index (Phi) is 6.13. The lowest BCUT2D eigenvalue weighted by Crippen LogP contribution is -2.27. The number of nitrogens with one attached hydrogen (secondary N) is 1. The van der Waals surface area contributed by atoms with E-state index in [1.54, 1.807) is 49.4 Å². The van der Waals surface area contributed by atoms with Crippen molar-refractivity contribution in [3.05, 3.63) is 54.0 Å². The van der Waals surface area contributed by atoms with Crippen molar-refractivity contribution in [2.75, 3.05) is 11.9 Å². The Morgan fingerprint density at radius 3 is 2.72 bits per heavy atom. The van der Waals surface area contributed by atoms with E-state index in [-0.39, 0.29) is 0 Å². The lowest BCUT2D eigenvalue weighted by atomic mass is 10.0. The van der Waals surface area contributed by atoms with Gasteiger partial charge in [-0.2, -0.15) is 5.26 Å². The summed E-state index contributed by atoms with van der Waals surface area (Å²) in [5.74, 6) is -1.13. The average molecular weight is 338 g/mol. The number of ketones is 1. The van der Waals surface area contributed by atoms with Crippen molar-refractivity contribution in [1.82, 2.24) is 0 Å². The van der Waals surface area contributed by atoms with Crippen LogP contribution in [0.25, 0.3) is 6.08 Å². The van der Waals surface area contributed by atoms with Gasteiger partial charge in [-0.05, 0) is 50.3 Å². The van der Waals surface area contributed by atoms with Crippen molar-refractivity contribution < 1.29 is 18.7 Å². The van der Waals surface area contributed by atoms with E-state index in [4.69, 9.17) is 9.15 Å². The molecule has 1 aromatic heterocycles. The number of ether oxygens (including phenoxy) is 1. The first-order valence-electron chi connectivity index (χ1n) is 7.75. The lowest BCUT2D eigenvalue weighted by Gasteiger charge is -2.12. The quantitative estimate of drug-likeness (QED) is 0.617. The summed E-state index contributed by atoms with van der Waals surface area (Å²) >= 11 is 0. The van der Waals surface area contributed by atoms with Gasteiger partial charge in [-0.15, -0.1) is 0 Å². The van der Waals surface area contributed by atoms with Crippen molar-refractivity contribution >= 4 is 23.5 Å². The molecule has 0 bridgehead atoms. The number of hydrogen-bond donors (Lipinski definition) is 1. The Balaban J connectivity index is 2.09. The summed E-state index contributed by atoms with van der Waals surface area (Å²) in [5.41, 5.74) is 0.410. The number of aryl methyl sites for hydroxylation is 1. The molecule has 1 unspecified atom stereocenters. The summed E-state index contributed by atoms with van der Waals surface area (Å²) in [6.07, 6.45) is 2.60. The average Bonchev–Trinajstić information content (AvgIpc) is 3.01. The van der Waals surface area contributed by atoms with Gasteiger partial charge in [-0.3, -0.25) is 9.59 Å². The monoisotopic (exact) mass is 338 g/mol. The molecule has 0 fully saturated rings.